The minimum Gasteiger partial charge on any atom is -0.495 e. The molecule has 1 aromatic rings. The highest BCUT2D eigenvalue weighted by atomic mass is 35.5. The number of carbonyl (C=O) groups is 2. The van der Waals surface area contributed by atoms with Crippen molar-refractivity contribution in [2.24, 2.45) is 11.3 Å². The first-order valence-electron chi connectivity index (χ1n) is 7.81. The van der Waals surface area contributed by atoms with Crippen LogP contribution in [-0.4, -0.2) is 29.3 Å². The van der Waals surface area contributed by atoms with Crippen molar-refractivity contribution in [1.29, 1.82) is 0 Å². The maximum absolute atomic E-state index is 11.9. The Bertz CT molecular complexity index is 624. The minimum atomic E-state index is -1.77. The maximum atomic E-state index is 11.9. The molecule has 5 nitrogen and oxygen atoms in total. The van der Waals surface area contributed by atoms with Gasteiger partial charge in [0.15, 0.2) is 5.41 Å². The molecule has 1 saturated carbocycles. The molecule has 7 heteroatoms. The van der Waals surface area contributed by atoms with Crippen LogP contribution < -0.4 is 4.74 Å². The Kier molecular flexibility index (Phi) is 5.99. The van der Waals surface area contributed by atoms with E-state index in [1.54, 1.807) is 12.1 Å². The summed E-state index contributed by atoms with van der Waals surface area (Å²) in [6.45, 7) is 0. The molecule has 0 unspecified atom stereocenters. The molecule has 1 aromatic carbocycles. The van der Waals surface area contributed by atoms with E-state index >= 15 is 0 Å². The van der Waals surface area contributed by atoms with Gasteiger partial charge in [0.1, 0.15) is 10.8 Å². The lowest BCUT2D eigenvalue weighted by molar-refractivity contribution is -0.170. The van der Waals surface area contributed by atoms with E-state index in [2.05, 4.69) is 0 Å². The molecule has 0 spiro atoms. The zero-order chi connectivity index (χ0) is 17.9. The van der Waals surface area contributed by atoms with Gasteiger partial charge in [-0.05, 0) is 49.3 Å². The van der Waals surface area contributed by atoms with Crippen molar-refractivity contribution < 1.29 is 24.5 Å². The van der Waals surface area contributed by atoms with Crippen molar-refractivity contribution in [1.82, 2.24) is 0 Å². The molecular weight excluding hydrogens is 355 g/mol. The first-order chi connectivity index (χ1) is 11.3. The topological polar surface area (TPSA) is 83.8 Å². The van der Waals surface area contributed by atoms with Gasteiger partial charge in [-0.1, -0.05) is 36.0 Å². The number of methoxy groups -OCH3 is 1. The van der Waals surface area contributed by atoms with E-state index in [4.69, 9.17) is 27.9 Å². The Morgan fingerprint density at radius 1 is 1.21 bits per heavy atom. The number of hydrogen-bond donors (Lipinski definition) is 2. The molecule has 0 saturated heterocycles. The number of aliphatic carboxylic acids is 2. The minimum absolute atomic E-state index is 0.00342. The van der Waals surface area contributed by atoms with Gasteiger partial charge in [0.05, 0.1) is 12.1 Å². The number of carboxylic acid groups (broad SMARTS) is 2. The molecule has 0 bridgehead atoms. The fourth-order valence-corrected chi connectivity index (χ4v) is 3.95. The van der Waals surface area contributed by atoms with Crippen LogP contribution in [0, 0.1) is 11.3 Å². The van der Waals surface area contributed by atoms with Crippen LogP contribution >= 0.6 is 23.2 Å². The van der Waals surface area contributed by atoms with Crippen LogP contribution in [0.4, 0.5) is 0 Å². The molecule has 1 aliphatic rings. The molecule has 0 heterocycles. The van der Waals surface area contributed by atoms with Gasteiger partial charge in [-0.3, -0.25) is 9.59 Å². The van der Waals surface area contributed by atoms with Gasteiger partial charge in [0.2, 0.25) is 0 Å². The predicted molar refractivity (Wildman–Crippen MR) is 91.0 cm³/mol. The van der Waals surface area contributed by atoms with E-state index in [1.807, 2.05) is 0 Å². The SMILES string of the molecule is COc1cc(CCC(C(=O)O)(C(=O)O)C2CCCC2)cc(Cl)c1Cl. The number of rotatable bonds is 7. The molecule has 24 heavy (non-hydrogen) atoms. The number of ether oxygens (including phenoxy) is 1. The molecule has 0 aliphatic heterocycles. The van der Waals surface area contributed by atoms with Crippen LogP contribution in [0.1, 0.15) is 37.7 Å². The van der Waals surface area contributed by atoms with Crippen LogP contribution in [0.3, 0.4) is 0 Å². The van der Waals surface area contributed by atoms with Crippen molar-refractivity contribution in [3.63, 3.8) is 0 Å². The second kappa shape index (κ2) is 7.62. The predicted octanol–water partition coefficient (Wildman–Crippen LogP) is 4.28. The van der Waals surface area contributed by atoms with Gasteiger partial charge < -0.3 is 14.9 Å². The second-order valence-corrected chi connectivity index (χ2v) is 6.94. The molecule has 0 amide bonds. The average molecular weight is 375 g/mol. The summed E-state index contributed by atoms with van der Waals surface area (Å²) in [7, 11) is 1.46. The summed E-state index contributed by atoms with van der Waals surface area (Å²) in [6.07, 6.45) is 3.26. The van der Waals surface area contributed by atoms with Gasteiger partial charge in [-0.2, -0.15) is 0 Å². The maximum Gasteiger partial charge on any atom is 0.321 e. The molecule has 2 N–H and O–H groups in total. The van der Waals surface area contributed by atoms with Crippen LogP contribution in [0.5, 0.6) is 5.75 Å². The standard InChI is InChI=1S/C17H20Cl2O5/c1-24-13-9-10(8-12(18)14(13)19)6-7-17(15(20)21,16(22)23)11-4-2-3-5-11/h8-9,11H,2-7H2,1H3,(H,20,21)(H,22,23). The lowest BCUT2D eigenvalue weighted by atomic mass is 9.70. The largest absolute Gasteiger partial charge is 0.495 e. The monoisotopic (exact) mass is 374 g/mol. The highest BCUT2D eigenvalue weighted by molar-refractivity contribution is 6.43. The third kappa shape index (κ3) is 3.47. The van der Waals surface area contributed by atoms with E-state index in [9.17, 15) is 19.8 Å². The van der Waals surface area contributed by atoms with Crippen molar-refractivity contribution in [2.75, 3.05) is 7.11 Å². The van der Waals surface area contributed by atoms with E-state index in [-0.39, 0.29) is 23.8 Å². The lowest BCUT2D eigenvalue weighted by Gasteiger charge is -2.31. The average Bonchev–Trinajstić information content (AvgIpc) is 3.05. The summed E-state index contributed by atoms with van der Waals surface area (Å²) < 4.78 is 5.14. The van der Waals surface area contributed by atoms with E-state index < -0.39 is 17.4 Å². The number of aryl methyl sites for hydroxylation is 1. The number of halogens is 2. The smallest absolute Gasteiger partial charge is 0.321 e. The Hall–Kier alpha value is -1.46. The molecule has 1 aliphatic carbocycles. The van der Waals surface area contributed by atoms with E-state index in [0.29, 0.717) is 29.2 Å². The summed E-state index contributed by atoms with van der Waals surface area (Å²) in [5.41, 5.74) is -1.07. The zero-order valence-corrected chi connectivity index (χ0v) is 14.9. The fourth-order valence-electron chi connectivity index (χ4n) is 3.53. The highest BCUT2D eigenvalue weighted by Gasteiger charge is 2.52. The van der Waals surface area contributed by atoms with Crippen molar-refractivity contribution in [2.45, 2.75) is 38.5 Å². The van der Waals surface area contributed by atoms with Crippen molar-refractivity contribution in [3.8, 4) is 5.75 Å². The summed E-state index contributed by atoms with van der Waals surface area (Å²) >= 11 is 12.1. The normalized spacial score (nSPS) is 15.5. The van der Waals surface area contributed by atoms with Gasteiger partial charge in [0, 0.05) is 0 Å². The Balaban J connectivity index is 2.29. The summed E-state index contributed by atoms with van der Waals surface area (Å²) in [6, 6.07) is 3.28. The molecular formula is C17H20Cl2O5. The first-order valence-corrected chi connectivity index (χ1v) is 8.57. The third-order valence-corrected chi connectivity index (χ3v) is 5.68. The summed E-state index contributed by atoms with van der Waals surface area (Å²) in [5.74, 6) is -2.50. The lowest BCUT2D eigenvalue weighted by Crippen LogP contribution is -2.45. The quantitative estimate of drug-likeness (QED) is 0.695. The molecule has 0 atom stereocenters. The third-order valence-electron chi connectivity index (χ3n) is 4.90. The number of carboxylic acids is 2. The second-order valence-electron chi connectivity index (χ2n) is 6.16. The Morgan fingerprint density at radius 2 is 1.79 bits per heavy atom. The van der Waals surface area contributed by atoms with Gasteiger partial charge in [0.25, 0.3) is 0 Å². The summed E-state index contributed by atoms with van der Waals surface area (Å²) in [5, 5.41) is 19.9. The zero-order valence-electron chi connectivity index (χ0n) is 13.3. The molecule has 132 valence electrons. The highest BCUT2D eigenvalue weighted by Crippen LogP contribution is 2.44. The van der Waals surface area contributed by atoms with Crippen LogP contribution in [0.2, 0.25) is 10.0 Å². The van der Waals surface area contributed by atoms with Crippen LogP contribution in [-0.2, 0) is 16.0 Å². The van der Waals surface area contributed by atoms with E-state index in [0.717, 1.165) is 12.8 Å². The number of benzene rings is 1. The Morgan fingerprint density at radius 3 is 2.29 bits per heavy atom. The van der Waals surface area contributed by atoms with Gasteiger partial charge in [-0.25, -0.2) is 0 Å². The van der Waals surface area contributed by atoms with Crippen molar-refractivity contribution in [3.05, 3.63) is 27.7 Å². The molecule has 1 fully saturated rings. The van der Waals surface area contributed by atoms with Crippen molar-refractivity contribution >= 4 is 35.1 Å². The molecule has 2 rings (SSSR count). The molecule has 0 aromatic heterocycles. The van der Waals surface area contributed by atoms with Crippen LogP contribution in [0.25, 0.3) is 0 Å². The first kappa shape index (κ1) is 18.9. The van der Waals surface area contributed by atoms with Gasteiger partial charge >= 0.3 is 11.9 Å². The van der Waals surface area contributed by atoms with E-state index in [1.165, 1.54) is 7.11 Å². The summed E-state index contributed by atoms with van der Waals surface area (Å²) in [4.78, 5) is 23.7. The Labute approximate surface area is 150 Å². The van der Waals surface area contributed by atoms with Crippen LogP contribution in [0.15, 0.2) is 12.1 Å². The molecule has 0 radical (unpaired) electrons. The fraction of sp³-hybridized carbons (Fsp3) is 0.529. The van der Waals surface area contributed by atoms with Gasteiger partial charge in [-0.15, -0.1) is 0 Å². The number of hydrogen-bond acceptors (Lipinski definition) is 3.